The van der Waals surface area contributed by atoms with E-state index in [1.807, 2.05) is 32.0 Å². The molecule has 8 nitrogen and oxygen atoms in total. The molecular weight excluding hydrogens is 344 g/mol. The molecule has 2 aliphatic heterocycles. The average Bonchev–Trinajstić information content (AvgIpc) is 2.92. The molecule has 1 fully saturated rings. The fraction of sp³-hybridized carbons (Fsp3) is 0.375. The van der Waals surface area contributed by atoms with Gasteiger partial charge in [0.1, 0.15) is 0 Å². The number of urea groups is 1. The molecule has 25 heavy (non-hydrogen) atoms. The Labute approximate surface area is 150 Å². The van der Waals surface area contributed by atoms with Crippen molar-refractivity contribution in [2.24, 2.45) is 10.1 Å². The lowest BCUT2D eigenvalue weighted by molar-refractivity contribution is -0.127. The van der Waals surface area contributed by atoms with Crippen LogP contribution in [0.25, 0.3) is 0 Å². The molecule has 2 atom stereocenters. The minimum absolute atomic E-state index is 0.362. The van der Waals surface area contributed by atoms with Gasteiger partial charge in [0.2, 0.25) is 5.96 Å². The molecule has 3 amide bonds. The summed E-state index contributed by atoms with van der Waals surface area (Å²) in [7, 11) is 1.61. The smallest absolute Gasteiger partial charge is 0.321 e. The fourth-order valence-corrected chi connectivity index (χ4v) is 2.96. The lowest BCUT2D eigenvalue weighted by Crippen LogP contribution is -2.63. The van der Waals surface area contributed by atoms with Gasteiger partial charge in [0.15, 0.2) is 12.2 Å². The summed E-state index contributed by atoms with van der Waals surface area (Å²) in [5, 5.41) is 7.12. The predicted octanol–water partition coefficient (Wildman–Crippen LogP) is 1.37. The Bertz CT molecular complexity index is 774. The number of hydrogen-bond donors (Lipinski definition) is 2. The Kier molecular flexibility index (Phi) is 4.63. The monoisotopic (exact) mass is 362 g/mol. The van der Waals surface area contributed by atoms with E-state index in [4.69, 9.17) is 11.6 Å². The van der Waals surface area contributed by atoms with E-state index in [1.54, 1.807) is 18.0 Å². The largest absolute Gasteiger partial charge is 0.325 e. The summed E-state index contributed by atoms with van der Waals surface area (Å²) in [6.07, 6.45) is -0.612. The molecule has 0 aliphatic carbocycles. The Morgan fingerprint density at radius 3 is 2.76 bits per heavy atom. The highest BCUT2D eigenvalue weighted by Crippen LogP contribution is 2.27. The summed E-state index contributed by atoms with van der Waals surface area (Å²) in [6, 6.07) is 6.29. The van der Waals surface area contributed by atoms with Crippen molar-refractivity contribution < 1.29 is 9.59 Å². The van der Waals surface area contributed by atoms with Gasteiger partial charge in [-0.05, 0) is 25.5 Å². The maximum atomic E-state index is 12.4. The molecule has 9 heteroatoms. The number of hydrogen-bond acceptors (Lipinski definition) is 6. The van der Waals surface area contributed by atoms with Crippen molar-refractivity contribution in [2.75, 3.05) is 7.05 Å². The van der Waals surface area contributed by atoms with Crippen LogP contribution < -0.4 is 10.7 Å². The Hall–Kier alpha value is -2.61. The standard InChI is InChI=1S/C16H19ClN6O2/c1-9(2)20-21-15-18-13-12(14(24)19-16(25)22(13)3)23(15)8-10-6-4-5-7-11(10)17/h4-7,12-13H,8H2,1-3H3,(H,18,21)(H,19,24,25). The Morgan fingerprint density at radius 2 is 2.08 bits per heavy atom. The van der Waals surface area contributed by atoms with Gasteiger partial charge in [-0.1, -0.05) is 29.8 Å². The summed E-state index contributed by atoms with van der Waals surface area (Å²) >= 11 is 6.26. The van der Waals surface area contributed by atoms with Crippen molar-refractivity contribution in [3.63, 3.8) is 0 Å². The van der Waals surface area contributed by atoms with Crippen LogP contribution >= 0.6 is 11.6 Å². The van der Waals surface area contributed by atoms with Crippen molar-refractivity contribution >= 4 is 35.2 Å². The molecule has 0 aromatic heterocycles. The van der Waals surface area contributed by atoms with Crippen LogP contribution in [0, 0.1) is 0 Å². The van der Waals surface area contributed by atoms with E-state index in [0.717, 1.165) is 11.3 Å². The van der Waals surface area contributed by atoms with Crippen LogP contribution in [0.5, 0.6) is 0 Å². The van der Waals surface area contributed by atoms with Gasteiger partial charge in [-0.3, -0.25) is 10.1 Å². The number of carbonyl (C=O) groups excluding carboxylic acids is 2. The minimum Gasteiger partial charge on any atom is -0.321 e. The molecule has 2 aliphatic rings. The molecule has 0 saturated carbocycles. The zero-order valence-electron chi connectivity index (χ0n) is 14.2. The number of aliphatic imine (C=N–C) groups is 1. The number of guanidine groups is 1. The number of halogens is 1. The lowest BCUT2D eigenvalue weighted by atomic mass is 10.1. The Balaban J connectivity index is 1.95. The molecule has 1 aromatic rings. The van der Waals surface area contributed by atoms with E-state index in [9.17, 15) is 9.59 Å². The number of imide groups is 1. The van der Waals surface area contributed by atoms with Gasteiger partial charge >= 0.3 is 6.03 Å². The van der Waals surface area contributed by atoms with Crippen molar-refractivity contribution in [3.05, 3.63) is 34.9 Å². The third-order valence-corrected chi connectivity index (χ3v) is 4.41. The number of nitrogens with zero attached hydrogens (tertiary/aromatic N) is 4. The maximum Gasteiger partial charge on any atom is 0.325 e. The molecule has 1 aromatic carbocycles. The molecule has 3 rings (SSSR count). The topological polar surface area (TPSA) is 89.4 Å². The van der Waals surface area contributed by atoms with Crippen molar-refractivity contribution in [2.45, 2.75) is 32.6 Å². The number of fused-ring (bicyclic) bond motifs is 1. The summed E-state index contributed by atoms with van der Waals surface area (Å²) in [6.45, 7) is 4.05. The van der Waals surface area contributed by atoms with Crippen LogP contribution in [0.15, 0.2) is 34.4 Å². The van der Waals surface area contributed by atoms with Crippen LogP contribution in [0.2, 0.25) is 5.02 Å². The molecule has 2 heterocycles. The van der Waals surface area contributed by atoms with Gasteiger partial charge in [-0.15, -0.1) is 0 Å². The zero-order chi connectivity index (χ0) is 18.1. The molecule has 0 radical (unpaired) electrons. The van der Waals surface area contributed by atoms with Gasteiger partial charge in [0, 0.05) is 24.3 Å². The predicted molar refractivity (Wildman–Crippen MR) is 95.2 cm³/mol. The van der Waals surface area contributed by atoms with Crippen molar-refractivity contribution in [1.82, 2.24) is 20.5 Å². The summed E-state index contributed by atoms with van der Waals surface area (Å²) in [5.41, 5.74) is 4.55. The number of amides is 3. The third kappa shape index (κ3) is 3.30. The van der Waals surface area contributed by atoms with E-state index < -0.39 is 24.1 Å². The van der Waals surface area contributed by atoms with Crippen LogP contribution in [0.1, 0.15) is 19.4 Å². The van der Waals surface area contributed by atoms with E-state index >= 15 is 0 Å². The molecule has 0 bridgehead atoms. The normalized spacial score (nSPS) is 22.3. The lowest BCUT2D eigenvalue weighted by Gasteiger charge is -2.36. The second-order valence-electron chi connectivity index (χ2n) is 6.11. The van der Waals surface area contributed by atoms with Crippen LogP contribution in [0.4, 0.5) is 4.79 Å². The van der Waals surface area contributed by atoms with Crippen molar-refractivity contribution in [1.29, 1.82) is 0 Å². The molecular formula is C16H19ClN6O2. The summed E-state index contributed by atoms with van der Waals surface area (Å²) < 4.78 is 0. The number of carbonyl (C=O) groups is 2. The number of nitrogens with one attached hydrogen (secondary N) is 2. The van der Waals surface area contributed by atoms with Crippen LogP contribution in [0.3, 0.4) is 0 Å². The average molecular weight is 363 g/mol. The number of rotatable bonds is 3. The van der Waals surface area contributed by atoms with Gasteiger partial charge < -0.3 is 9.80 Å². The second kappa shape index (κ2) is 6.72. The minimum atomic E-state index is -0.645. The number of benzene rings is 1. The molecule has 1 saturated heterocycles. The highest BCUT2D eigenvalue weighted by molar-refractivity contribution is 6.31. The highest BCUT2D eigenvalue weighted by Gasteiger charge is 2.48. The summed E-state index contributed by atoms with van der Waals surface area (Å²) in [4.78, 5) is 32.0. The molecule has 132 valence electrons. The summed E-state index contributed by atoms with van der Waals surface area (Å²) in [5.74, 6) is 0.0331. The molecule has 2 N–H and O–H groups in total. The Morgan fingerprint density at radius 1 is 1.36 bits per heavy atom. The molecule has 2 unspecified atom stereocenters. The van der Waals surface area contributed by atoms with Gasteiger partial charge in [-0.2, -0.15) is 5.10 Å². The highest BCUT2D eigenvalue weighted by atomic mass is 35.5. The first-order valence-corrected chi connectivity index (χ1v) is 8.18. The van der Waals surface area contributed by atoms with E-state index in [2.05, 4.69) is 20.8 Å². The first-order chi connectivity index (χ1) is 11.9. The number of likely N-dealkylation sites (N-methyl/N-ethyl adjacent to an activating group) is 1. The van der Waals surface area contributed by atoms with E-state index in [0.29, 0.717) is 17.5 Å². The quantitative estimate of drug-likeness (QED) is 0.628. The first-order valence-electron chi connectivity index (χ1n) is 7.81. The SMILES string of the molecule is CC(C)=NNC1=NC2C(C(=O)NC(=O)N2C)N1Cc1ccccc1Cl. The first kappa shape index (κ1) is 17.2. The van der Waals surface area contributed by atoms with Crippen LogP contribution in [-0.2, 0) is 11.3 Å². The maximum absolute atomic E-state index is 12.4. The third-order valence-electron chi connectivity index (χ3n) is 4.04. The van der Waals surface area contributed by atoms with Crippen molar-refractivity contribution in [3.8, 4) is 0 Å². The van der Waals surface area contributed by atoms with Gasteiger partial charge in [0.25, 0.3) is 5.91 Å². The molecule has 0 spiro atoms. The van der Waals surface area contributed by atoms with E-state index in [-0.39, 0.29) is 0 Å². The fourth-order valence-electron chi connectivity index (χ4n) is 2.76. The van der Waals surface area contributed by atoms with Gasteiger partial charge in [-0.25, -0.2) is 15.2 Å². The number of hydrazone groups is 1. The van der Waals surface area contributed by atoms with Crippen LogP contribution in [-0.4, -0.2) is 52.7 Å². The van der Waals surface area contributed by atoms with Gasteiger partial charge in [0.05, 0.1) is 0 Å². The second-order valence-corrected chi connectivity index (χ2v) is 6.51. The zero-order valence-corrected chi connectivity index (χ0v) is 14.9. The van der Waals surface area contributed by atoms with E-state index in [1.165, 1.54) is 4.90 Å².